The number of esters is 1. The number of hydrogen-bond acceptors (Lipinski definition) is 6. The maximum absolute atomic E-state index is 11.7. The van der Waals surface area contributed by atoms with Gasteiger partial charge in [-0.3, -0.25) is 14.9 Å². The van der Waals surface area contributed by atoms with Crippen molar-refractivity contribution in [3.05, 3.63) is 33.3 Å². The van der Waals surface area contributed by atoms with Crippen LogP contribution in [-0.4, -0.2) is 36.7 Å². The molecule has 0 fully saturated rings. The van der Waals surface area contributed by atoms with Crippen LogP contribution in [0.3, 0.4) is 0 Å². The number of nitro benzene ring substituents is 1. The van der Waals surface area contributed by atoms with Crippen LogP contribution in [0.5, 0.6) is 5.75 Å². The Morgan fingerprint density at radius 1 is 1.48 bits per heavy atom. The number of nitrogens with zero attached hydrogens (tertiary/aromatic N) is 1. The lowest BCUT2D eigenvalue weighted by Crippen LogP contribution is -2.42. The third-order valence-electron chi connectivity index (χ3n) is 2.56. The average Bonchev–Trinajstić information content (AvgIpc) is 2.44. The van der Waals surface area contributed by atoms with Crippen LogP contribution in [0.15, 0.2) is 18.2 Å². The number of carbonyl (C=O) groups is 1. The van der Waals surface area contributed by atoms with Crippen LogP contribution in [0.2, 0.25) is 5.02 Å². The van der Waals surface area contributed by atoms with E-state index in [2.05, 4.69) is 5.32 Å². The van der Waals surface area contributed by atoms with Crippen molar-refractivity contribution in [1.82, 2.24) is 5.32 Å². The molecule has 1 rings (SSSR count). The number of benzene rings is 1. The molecule has 116 valence electrons. The molecule has 0 aliphatic heterocycles. The molecule has 21 heavy (non-hydrogen) atoms. The van der Waals surface area contributed by atoms with Gasteiger partial charge in [0.05, 0.1) is 16.6 Å². The minimum Gasteiger partial charge on any atom is -0.483 e. The summed E-state index contributed by atoms with van der Waals surface area (Å²) in [6, 6.07) is 3.51. The number of nitro groups is 1. The van der Waals surface area contributed by atoms with Crippen molar-refractivity contribution < 1.29 is 19.2 Å². The van der Waals surface area contributed by atoms with E-state index in [0.29, 0.717) is 6.54 Å². The number of likely N-dealkylation sites (N-methyl/N-ethyl adjacent to an activating group) is 1. The molecule has 1 atom stereocenters. The van der Waals surface area contributed by atoms with Crippen molar-refractivity contribution >= 4 is 23.3 Å². The largest absolute Gasteiger partial charge is 0.483 e. The number of ether oxygens (including phenoxy) is 2. The van der Waals surface area contributed by atoms with Gasteiger partial charge in [0, 0.05) is 6.07 Å². The Labute approximate surface area is 127 Å². The molecule has 0 amide bonds. The standard InChI is InChI=1S/C13H17ClN2O5/c1-3-15-10(13(17)20-4-2)8-21-12-9(14)6-5-7-11(12)16(18)19/h5-7,10,15H,3-4,8H2,1-2H3. The Balaban J connectivity index is 2.85. The third kappa shape index (κ3) is 4.87. The minimum absolute atomic E-state index is 0.0589. The summed E-state index contributed by atoms with van der Waals surface area (Å²) in [4.78, 5) is 22.1. The van der Waals surface area contributed by atoms with E-state index in [-0.39, 0.29) is 29.7 Å². The molecule has 0 radical (unpaired) electrons. The van der Waals surface area contributed by atoms with Crippen molar-refractivity contribution in [2.75, 3.05) is 19.8 Å². The number of halogens is 1. The Hall–Kier alpha value is -1.86. The first kappa shape index (κ1) is 17.2. The predicted molar refractivity (Wildman–Crippen MR) is 77.7 cm³/mol. The summed E-state index contributed by atoms with van der Waals surface area (Å²) >= 11 is 5.91. The summed E-state index contributed by atoms with van der Waals surface area (Å²) in [5.41, 5.74) is -0.249. The first-order chi connectivity index (χ1) is 10.0. The zero-order valence-corrected chi connectivity index (χ0v) is 12.6. The molecule has 0 aliphatic carbocycles. The molecule has 0 spiro atoms. The highest BCUT2D eigenvalue weighted by atomic mass is 35.5. The number of nitrogens with one attached hydrogen (secondary N) is 1. The van der Waals surface area contributed by atoms with Crippen LogP contribution in [-0.2, 0) is 9.53 Å². The molecular weight excluding hydrogens is 300 g/mol. The summed E-state index contributed by atoms with van der Waals surface area (Å²) in [5.74, 6) is -0.537. The van der Waals surface area contributed by atoms with Gasteiger partial charge >= 0.3 is 11.7 Å². The second kappa shape index (κ2) is 8.43. The molecule has 0 aromatic heterocycles. The highest BCUT2D eigenvalue weighted by Gasteiger charge is 2.23. The Morgan fingerprint density at radius 3 is 2.76 bits per heavy atom. The Morgan fingerprint density at radius 2 is 2.19 bits per heavy atom. The van der Waals surface area contributed by atoms with Crippen molar-refractivity contribution in [2.24, 2.45) is 0 Å². The van der Waals surface area contributed by atoms with E-state index in [1.54, 1.807) is 6.92 Å². The zero-order valence-electron chi connectivity index (χ0n) is 11.8. The summed E-state index contributed by atoms with van der Waals surface area (Å²) in [6.07, 6.45) is 0. The van der Waals surface area contributed by atoms with E-state index in [9.17, 15) is 14.9 Å². The van der Waals surface area contributed by atoms with Gasteiger partial charge in [-0.1, -0.05) is 24.6 Å². The van der Waals surface area contributed by atoms with E-state index in [0.717, 1.165) is 0 Å². The molecule has 1 unspecified atom stereocenters. The quantitative estimate of drug-likeness (QED) is 0.449. The van der Waals surface area contributed by atoms with Gasteiger partial charge in [0.1, 0.15) is 12.6 Å². The maximum Gasteiger partial charge on any atom is 0.326 e. The van der Waals surface area contributed by atoms with Crippen molar-refractivity contribution in [1.29, 1.82) is 0 Å². The van der Waals surface area contributed by atoms with Gasteiger partial charge in [-0.2, -0.15) is 0 Å². The number of para-hydroxylation sites is 1. The molecule has 0 saturated heterocycles. The van der Waals surface area contributed by atoms with Crippen LogP contribution in [0.4, 0.5) is 5.69 Å². The summed E-state index contributed by atoms with van der Waals surface area (Å²) in [5, 5.41) is 13.9. The molecule has 0 bridgehead atoms. The second-order valence-corrected chi connectivity index (χ2v) is 4.43. The fraction of sp³-hybridized carbons (Fsp3) is 0.462. The molecule has 0 aliphatic rings. The molecule has 0 saturated carbocycles. The molecule has 8 heteroatoms. The highest BCUT2D eigenvalue weighted by molar-refractivity contribution is 6.32. The fourth-order valence-electron chi connectivity index (χ4n) is 1.65. The first-order valence-corrected chi connectivity index (χ1v) is 6.84. The number of carbonyl (C=O) groups excluding carboxylic acids is 1. The van der Waals surface area contributed by atoms with Crippen molar-refractivity contribution in [3.8, 4) is 5.75 Å². The van der Waals surface area contributed by atoms with Crippen molar-refractivity contribution in [2.45, 2.75) is 19.9 Å². The van der Waals surface area contributed by atoms with E-state index in [4.69, 9.17) is 21.1 Å². The predicted octanol–water partition coefficient (Wildman–Crippen LogP) is 2.17. The molecule has 1 aromatic carbocycles. The third-order valence-corrected chi connectivity index (χ3v) is 2.86. The van der Waals surface area contributed by atoms with Gasteiger partial charge in [-0.25, -0.2) is 0 Å². The minimum atomic E-state index is -0.717. The molecule has 1 N–H and O–H groups in total. The number of rotatable bonds is 8. The summed E-state index contributed by atoms with van der Waals surface area (Å²) in [7, 11) is 0. The summed E-state index contributed by atoms with van der Waals surface area (Å²) in [6.45, 7) is 4.17. The van der Waals surface area contributed by atoms with Crippen LogP contribution in [0.25, 0.3) is 0 Å². The topological polar surface area (TPSA) is 90.7 Å². The molecule has 7 nitrogen and oxygen atoms in total. The highest BCUT2D eigenvalue weighted by Crippen LogP contribution is 2.34. The lowest BCUT2D eigenvalue weighted by Gasteiger charge is -2.17. The van der Waals surface area contributed by atoms with Gasteiger partial charge in [0.25, 0.3) is 0 Å². The summed E-state index contributed by atoms with van der Waals surface area (Å²) < 4.78 is 10.3. The molecule has 1 aromatic rings. The van der Waals surface area contributed by atoms with Crippen molar-refractivity contribution in [3.63, 3.8) is 0 Å². The second-order valence-electron chi connectivity index (χ2n) is 4.02. The lowest BCUT2D eigenvalue weighted by molar-refractivity contribution is -0.385. The van der Waals surface area contributed by atoms with Gasteiger partial charge in [0.15, 0.2) is 0 Å². The first-order valence-electron chi connectivity index (χ1n) is 6.46. The van der Waals surface area contributed by atoms with E-state index < -0.39 is 16.9 Å². The van der Waals surface area contributed by atoms with Gasteiger partial charge < -0.3 is 14.8 Å². The number of hydrogen-bond donors (Lipinski definition) is 1. The van der Waals surface area contributed by atoms with Crippen LogP contribution >= 0.6 is 11.6 Å². The SMILES string of the molecule is CCNC(COc1c(Cl)cccc1[N+](=O)[O-])C(=O)OCC. The van der Waals surface area contributed by atoms with Gasteiger partial charge in [-0.15, -0.1) is 0 Å². The van der Waals surface area contributed by atoms with E-state index in [1.807, 2.05) is 6.92 Å². The average molecular weight is 317 g/mol. The van der Waals surface area contributed by atoms with E-state index >= 15 is 0 Å². The zero-order chi connectivity index (χ0) is 15.8. The lowest BCUT2D eigenvalue weighted by atomic mass is 10.3. The normalized spacial score (nSPS) is 11.8. The van der Waals surface area contributed by atoms with Crippen LogP contribution in [0, 0.1) is 10.1 Å². The van der Waals surface area contributed by atoms with Gasteiger partial charge in [0.2, 0.25) is 5.75 Å². The Kier molecular flexibility index (Phi) is 6.90. The van der Waals surface area contributed by atoms with Crippen LogP contribution in [0.1, 0.15) is 13.8 Å². The fourth-order valence-corrected chi connectivity index (χ4v) is 1.87. The molecular formula is C13H17ClN2O5. The van der Waals surface area contributed by atoms with Gasteiger partial charge in [-0.05, 0) is 19.5 Å². The van der Waals surface area contributed by atoms with Crippen LogP contribution < -0.4 is 10.1 Å². The smallest absolute Gasteiger partial charge is 0.326 e. The van der Waals surface area contributed by atoms with E-state index in [1.165, 1.54) is 18.2 Å². The molecule has 0 heterocycles. The monoisotopic (exact) mass is 316 g/mol. The Bertz CT molecular complexity index is 509. The maximum atomic E-state index is 11.7.